The van der Waals surface area contributed by atoms with E-state index < -0.39 is 17.3 Å². The zero-order valence-corrected chi connectivity index (χ0v) is 23.3. The molecule has 2 atom stereocenters. The lowest BCUT2D eigenvalue weighted by atomic mass is 9.69. The van der Waals surface area contributed by atoms with E-state index in [0.29, 0.717) is 31.1 Å². The smallest absolute Gasteiger partial charge is 0.310 e. The predicted molar refractivity (Wildman–Crippen MR) is 148 cm³/mol. The zero-order chi connectivity index (χ0) is 28.1. The van der Waals surface area contributed by atoms with E-state index in [1.165, 1.54) is 0 Å². The van der Waals surface area contributed by atoms with Gasteiger partial charge in [0.05, 0.1) is 10.9 Å². The second kappa shape index (κ2) is 9.96. The summed E-state index contributed by atoms with van der Waals surface area (Å²) < 4.78 is 7.79. The molecular weight excluding hydrogens is 494 g/mol. The number of hydrogen-bond acceptors (Lipinski definition) is 7. The Balaban J connectivity index is 1.56. The van der Waals surface area contributed by atoms with Crippen molar-refractivity contribution in [2.24, 2.45) is 12.5 Å². The van der Waals surface area contributed by atoms with Gasteiger partial charge in [-0.05, 0) is 74.6 Å². The number of nitrogens with zero attached hydrogens (tertiary/aromatic N) is 5. The fourth-order valence-electron chi connectivity index (χ4n) is 5.66. The monoisotopic (exact) mass is 529 g/mol. The first-order valence-corrected chi connectivity index (χ1v) is 13.1. The number of aryl methyl sites for hydroxylation is 3. The zero-order valence-electron chi connectivity index (χ0n) is 23.3. The van der Waals surface area contributed by atoms with Crippen molar-refractivity contribution in [3.63, 3.8) is 0 Å². The number of fused-ring (bicyclic) bond motifs is 2. The highest BCUT2D eigenvalue weighted by atomic mass is 16.5. The van der Waals surface area contributed by atoms with Crippen LogP contribution in [-0.4, -0.2) is 53.7 Å². The summed E-state index contributed by atoms with van der Waals surface area (Å²) in [5.74, 6) is -0.619. The third-order valence-corrected chi connectivity index (χ3v) is 7.90. The number of ether oxygens (including phenoxy) is 1. The van der Waals surface area contributed by atoms with Gasteiger partial charge in [0.2, 0.25) is 5.88 Å². The summed E-state index contributed by atoms with van der Waals surface area (Å²) in [5.41, 5.74) is 6.32. The van der Waals surface area contributed by atoms with Crippen molar-refractivity contribution in [3.8, 4) is 11.6 Å². The first kappa shape index (κ1) is 26.6. The van der Waals surface area contributed by atoms with Crippen molar-refractivity contribution >= 4 is 17.0 Å². The first-order chi connectivity index (χ1) is 18.5. The normalized spacial score (nSPS) is 16.9. The molecule has 0 unspecified atom stereocenters. The summed E-state index contributed by atoms with van der Waals surface area (Å²) in [6.45, 7) is 11.5. The van der Waals surface area contributed by atoms with Gasteiger partial charge in [0.15, 0.2) is 0 Å². The quantitative estimate of drug-likeness (QED) is 0.369. The minimum atomic E-state index is -1.08. The number of benzene rings is 2. The Morgan fingerprint density at radius 1 is 1.18 bits per heavy atom. The molecule has 5 rings (SSSR count). The minimum Gasteiger partial charge on any atom is -0.493 e. The van der Waals surface area contributed by atoms with Gasteiger partial charge in [-0.2, -0.15) is 0 Å². The maximum absolute atomic E-state index is 12.6. The van der Waals surface area contributed by atoms with E-state index in [9.17, 15) is 15.0 Å². The number of carbonyl (C=O) groups is 1. The summed E-state index contributed by atoms with van der Waals surface area (Å²) in [7, 11) is 1.85. The highest BCUT2D eigenvalue weighted by Gasteiger charge is 2.40. The number of aromatic nitrogens is 4. The molecule has 39 heavy (non-hydrogen) atoms. The lowest BCUT2D eigenvalue weighted by Crippen LogP contribution is -2.33. The lowest BCUT2D eigenvalue weighted by Gasteiger charge is -2.33. The fraction of sp³-hybridized carbons (Fsp3) is 0.400. The van der Waals surface area contributed by atoms with E-state index in [2.05, 4.69) is 39.3 Å². The van der Waals surface area contributed by atoms with E-state index in [-0.39, 0.29) is 12.0 Å². The predicted octanol–water partition coefficient (Wildman–Crippen LogP) is 4.71. The summed E-state index contributed by atoms with van der Waals surface area (Å²) in [6.07, 6.45) is -0.0545. The SMILES string of the molecule is Cc1ccc([C@@H](c2ccc3c(nnn3C)c2C)C(C)(C)C(=O)O)cc1CN1Cc2nc(O)ccc2O[C@H](C)C1. The molecule has 9 heteroatoms. The second-order valence-electron chi connectivity index (χ2n) is 11.2. The van der Waals surface area contributed by atoms with Crippen LogP contribution in [0.25, 0.3) is 11.0 Å². The van der Waals surface area contributed by atoms with Crippen LogP contribution in [0.15, 0.2) is 42.5 Å². The van der Waals surface area contributed by atoms with Crippen LogP contribution in [0, 0.1) is 19.3 Å². The third-order valence-electron chi connectivity index (χ3n) is 7.90. The van der Waals surface area contributed by atoms with Gasteiger partial charge in [-0.15, -0.1) is 5.10 Å². The van der Waals surface area contributed by atoms with E-state index in [4.69, 9.17) is 4.74 Å². The van der Waals surface area contributed by atoms with Gasteiger partial charge in [0.1, 0.15) is 23.1 Å². The van der Waals surface area contributed by atoms with Crippen LogP contribution < -0.4 is 4.74 Å². The van der Waals surface area contributed by atoms with Gasteiger partial charge in [-0.1, -0.05) is 29.5 Å². The third kappa shape index (κ3) is 4.94. The molecule has 0 amide bonds. The Morgan fingerprint density at radius 3 is 2.69 bits per heavy atom. The average Bonchev–Trinajstić information content (AvgIpc) is 3.17. The van der Waals surface area contributed by atoms with E-state index in [1.807, 2.05) is 39.1 Å². The molecule has 1 aliphatic rings. The standard InChI is InChI=1S/C30H35N5O4/c1-17-7-8-20(13-21(17)15-35-14-18(2)39-25-11-12-26(36)31-23(25)16-35)27(30(4,5)29(37)38)22-9-10-24-28(19(22)3)32-33-34(24)6/h7-13,18,27H,14-16H2,1-6H3,(H,31,36)(H,37,38)/t18-,27+/m1/s1. The van der Waals surface area contributed by atoms with Crippen molar-refractivity contribution in [3.05, 3.63) is 76.0 Å². The molecular formula is C30H35N5O4. The number of rotatable bonds is 6. The van der Waals surface area contributed by atoms with Crippen LogP contribution in [0.2, 0.25) is 0 Å². The Labute approximate surface area is 228 Å². The molecule has 2 N–H and O–H groups in total. The van der Waals surface area contributed by atoms with Crippen molar-refractivity contribution in [2.45, 2.75) is 59.7 Å². The largest absolute Gasteiger partial charge is 0.493 e. The highest BCUT2D eigenvalue weighted by molar-refractivity contribution is 5.81. The van der Waals surface area contributed by atoms with E-state index in [0.717, 1.165) is 38.9 Å². The number of carboxylic acids is 1. The Kier molecular flexibility index (Phi) is 6.80. The lowest BCUT2D eigenvalue weighted by molar-refractivity contribution is -0.147. The van der Waals surface area contributed by atoms with Crippen LogP contribution in [0.1, 0.15) is 60.2 Å². The molecule has 0 fully saturated rings. The van der Waals surface area contributed by atoms with Gasteiger partial charge in [0.25, 0.3) is 0 Å². The average molecular weight is 530 g/mol. The summed E-state index contributed by atoms with van der Waals surface area (Å²) in [4.78, 5) is 19.2. The molecule has 4 aromatic rings. The van der Waals surface area contributed by atoms with Gasteiger partial charge >= 0.3 is 5.97 Å². The molecule has 0 radical (unpaired) electrons. The molecule has 0 bridgehead atoms. The van der Waals surface area contributed by atoms with E-state index in [1.54, 1.807) is 30.7 Å². The fourth-order valence-corrected chi connectivity index (χ4v) is 5.66. The Hall–Kier alpha value is -3.98. The number of carboxylic acid groups (broad SMARTS) is 1. The first-order valence-electron chi connectivity index (χ1n) is 13.1. The number of aliphatic carboxylic acids is 1. The Morgan fingerprint density at radius 2 is 1.95 bits per heavy atom. The molecule has 204 valence electrons. The van der Waals surface area contributed by atoms with Crippen molar-refractivity contribution < 1.29 is 19.7 Å². The molecule has 0 saturated heterocycles. The summed E-state index contributed by atoms with van der Waals surface area (Å²) >= 11 is 0. The van der Waals surface area contributed by atoms with E-state index >= 15 is 0 Å². The van der Waals surface area contributed by atoms with Crippen molar-refractivity contribution in [2.75, 3.05) is 6.54 Å². The van der Waals surface area contributed by atoms with Crippen molar-refractivity contribution in [1.29, 1.82) is 0 Å². The molecule has 0 saturated carbocycles. The second-order valence-corrected chi connectivity index (χ2v) is 11.2. The molecule has 0 aliphatic carbocycles. The van der Waals surface area contributed by atoms with Gasteiger partial charge in [-0.3, -0.25) is 9.69 Å². The van der Waals surface area contributed by atoms with Crippen LogP contribution in [0.4, 0.5) is 0 Å². The van der Waals surface area contributed by atoms with Gasteiger partial charge in [0, 0.05) is 38.7 Å². The summed E-state index contributed by atoms with van der Waals surface area (Å²) in [6, 6.07) is 13.5. The van der Waals surface area contributed by atoms with Crippen LogP contribution in [0.5, 0.6) is 11.6 Å². The maximum Gasteiger partial charge on any atom is 0.310 e. The van der Waals surface area contributed by atoms with Gasteiger partial charge < -0.3 is 14.9 Å². The van der Waals surface area contributed by atoms with Crippen molar-refractivity contribution in [1.82, 2.24) is 24.9 Å². The van der Waals surface area contributed by atoms with Crippen LogP contribution >= 0.6 is 0 Å². The number of pyridine rings is 1. The summed E-state index contributed by atoms with van der Waals surface area (Å²) in [5, 5.41) is 28.8. The number of aromatic hydroxyl groups is 1. The molecule has 0 spiro atoms. The molecule has 9 nitrogen and oxygen atoms in total. The molecule has 2 aromatic heterocycles. The molecule has 3 heterocycles. The number of hydrogen-bond donors (Lipinski definition) is 2. The highest BCUT2D eigenvalue weighted by Crippen LogP contribution is 2.44. The van der Waals surface area contributed by atoms with Crippen LogP contribution in [0.3, 0.4) is 0 Å². The van der Waals surface area contributed by atoms with Gasteiger partial charge in [-0.25, -0.2) is 9.67 Å². The maximum atomic E-state index is 12.6. The Bertz CT molecular complexity index is 1560. The topological polar surface area (TPSA) is 114 Å². The minimum absolute atomic E-state index is 0.0285. The molecule has 2 aromatic carbocycles. The molecule has 1 aliphatic heterocycles. The van der Waals surface area contributed by atoms with Crippen LogP contribution in [-0.2, 0) is 24.9 Å².